The van der Waals surface area contributed by atoms with Crippen LogP contribution in [0.3, 0.4) is 0 Å². The molecular weight excluding hydrogens is 821 g/mol. The van der Waals surface area contributed by atoms with Crippen LogP contribution in [0.2, 0.25) is 0 Å². The average Bonchev–Trinajstić information content (AvgIpc) is 3.43. The summed E-state index contributed by atoms with van der Waals surface area (Å²) < 4.78 is 0. The van der Waals surface area contributed by atoms with E-state index in [1.54, 1.807) is 0 Å². The molecule has 0 aliphatic heterocycles. The lowest BCUT2D eigenvalue weighted by Crippen LogP contribution is -2.10. The quantitative estimate of drug-likeness (QED) is 0.121. The topological polar surface area (TPSA) is 6.48 Å². The molecule has 0 heterocycles. The van der Waals surface area contributed by atoms with Crippen molar-refractivity contribution in [2.24, 2.45) is 0 Å². The van der Waals surface area contributed by atoms with Gasteiger partial charge in [0.25, 0.3) is 0 Å². The second kappa shape index (κ2) is 19.4. The summed E-state index contributed by atoms with van der Waals surface area (Å²) >= 11 is 0. The van der Waals surface area contributed by atoms with Crippen molar-refractivity contribution in [1.82, 2.24) is 0 Å². The number of rotatable bonds is 12. The van der Waals surface area contributed by atoms with Gasteiger partial charge in [-0.2, -0.15) is 0 Å². The summed E-state index contributed by atoms with van der Waals surface area (Å²) in [6.45, 7) is 0. The molecule has 2 nitrogen and oxygen atoms in total. The molecular formula is C66H50N2. The van der Waals surface area contributed by atoms with Gasteiger partial charge in [-0.25, -0.2) is 0 Å². The van der Waals surface area contributed by atoms with Gasteiger partial charge < -0.3 is 9.80 Å². The average molecular weight is 871 g/mol. The van der Waals surface area contributed by atoms with Crippen molar-refractivity contribution in [2.45, 2.75) is 12.8 Å². The summed E-state index contributed by atoms with van der Waals surface area (Å²) in [5.74, 6) is 0. The minimum atomic E-state index is 1.07. The van der Waals surface area contributed by atoms with E-state index in [-0.39, 0.29) is 0 Å². The predicted octanol–water partition coefficient (Wildman–Crippen LogP) is 18.7. The Kier molecular flexibility index (Phi) is 12.0. The maximum Gasteiger partial charge on any atom is 0.0462 e. The highest BCUT2D eigenvalue weighted by molar-refractivity contribution is 5.88. The highest BCUT2D eigenvalue weighted by atomic mass is 15.1. The lowest BCUT2D eigenvalue weighted by atomic mass is 9.94. The van der Waals surface area contributed by atoms with Gasteiger partial charge in [-0.05, 0) is 152 Å². The van der Waals surface area contributed by atoms with Crippen LogP contribution in [0, 0.1) is 0 Å². The second-order valence-corrected chi connectivity index (χ2v) is 17.3. The number of hydrogen-bond donors (Lipinski definition) is 0. The van der Waals surface area contributed by atoms with Gasteiger partial charge in [-0.3, -0.25) is 0 Å². The zero-order valence-electron chi connectivity index (χ0n) is 37.9. The molecule has 2 heteroatoms. The van der Waals surface area contributed by atoms with Crippen molar-refractivity contribution in [3.8, 4) is 55.6 Å². The highest BCUT2D eigenvalue weighted by Crippen LogP contribution is 2.41. The Labute approximate surface area is 400 Å². The summed E-state index contributed by atoms with van der Waals surface area (Å²) in [6, 6.07) is 94.3. The van der Waals surface area contributed by atoms with E-state index < -0.39 is 0 Å². The van der Waals surface area contributed by atoms with Crippen LogP contribution in [0.1, 0.15) is 18.4 Å². The zero-order valence-corrected chi connectivity index (χ0v) is 37.9. The van der Waals surface area contributed by atoms with Crippen LogP contribution in [0.15, 0.2) is 279 Å². The van der Waals surface area contributed by atoms with Crippen molar-refractivity contribution in [2.75, 3.05) is 9.80 Å². The molecule has 0 bridgehead atoms. The van der Waals surface area contributed by atoms with E-state index in [0.717, 1.165) is 52.5 Å². The Morgan fingerprint density at radius 2 is 0.500 bits per heavy atom. The fourth-order valence-corrected chi connectivity index (χ4v) is 9.43. The zero-order chi connectivity index (χ0) is 45.5. The van der Waals surface area contributed by atoms with Gasteiger partial charge in [0.05, 0.1) is 0 Å². The van der Waals surface area contributed by atoms with Gasteiger partial charge in [0.2, 0.25) is 0 Å². The minimum Gasteiger partial charge on any atom is -0.311 e. The molecule has 1 aliphatic rings. The third-order valence-electron chi connectivity index (χ3n) is 13.0. The Morgan fingerprint density at radius 3 is 0.794 bits per heavy atom. The summed E-state index contributed by atoms with van der Waals surface area (Å²) in [5.41, 5.74) is 21.2. The maximum absolute atomic E-state index is 2.36. The van der Waals surface area contributed by atoms with E-state index in [9.17, 15) is 0 Å². The van der Waals surface area contributed by atoms with E-state index in [2.05, 4.69) is 289 Å². The Bertz CT molecular complexity index is 3220. The molecule has 0 aromatic heterocycles. The van der Waals surface area contributed by atoms with Crippen LogP contribution in [0.5, 0.6) is 0 Å². The molecule has 0 atom stereocenters. The predicted molar refractivity (Wildman–Crippen MR) is 289 cm³/mol. The largest absolute Gasteiger partial charge is 0.311 e. The van der Waals surface area contributed by atoms with Crippen LogP contribution in [-0.4, -0.2) is 0 Å². The van der Waals surface area contributed by atoms with Gasteiger partial charge in [-0.15, -0.1) is 0 Å². The molecule has 68 heavy (non-hydrogen) atoms. The molecule has 1 aliphatic carbocycles. The Morgan fingerprint density at radius 1 is 0.235 bits per heavy atom. The van der Waals surface area contributed by atoms with Crippen LogP contribution < -0.4 is 9.80 Å². The number of anilines is 6. The Hall–Kier alpha value is -8.72. The van der Waals surface area contributed by atoms with E-state index in [1.807, 2.05) is 0 Å². The van der Waals surface area contributed by atoms with E-state index >= 15 is 0 Å². The molecule has 324 valence electrons. The first kappa shape index (κ1) is 41.9. The van der Waals surface area contributed by atoms with E-state index in [1.165, 1.54) is 61.2 Å². The van der Waals surface area contributed by atoms with E-state index in [4.69, 9.17) is 0 Å². The van der Waals surface area contributed by atoms with Gasteiger partial charge in [0, 0.05) is 34.1 Å². The lowest BCUT2D eigenvalue weighted by molar-refractivity contribution is 1.05. The van der Waals surface area contributed by atoms with Crippen LogP contribution >= 0.6 is 0 Å². The number of nitrogens with zero attached hydrogens (tertiary/aromatic N) is 2. The molecule has 10 aromatic rings. The fraction of sp³-hybridized carbons (Fsp3) is 0.0303. The maximum atomic E-state index is 2.36. The van der Waals surface area contributed by atoms with Crippen molar-refractivity contribution >= 4 is 39.7 Å². The molecule has 0 radical (unpaired) electrons. The fourth-order valence-electron chi connectivity index (χ4n) is 9.43. The van der Waals surface area contributed by atoms with Crippen LogP contribution in [0.25, 0.3) is 61.2 Å². The molecule has 0 fully saturated rings. The molecule has 10 aromatic carbocycles. The van der Waals surface area contributed by atoms with Crippen molar-refractivity contribution < 1.29 is 0 Å². The SMILES string of the molecule is C1=CCCC(c2ccc(N(c3ccc(-c4ccccc4)cc3)c3ccc(-c4ccccc4-c4ccc(N(c5ccc(-c6ccccc6)cc5)c5ccc(-c6ccccc6)cc5)cc4)cc3)cc2)=C1. The Balaban J connectivity index is 0.908. The monoisotopic (exact) mass is 870 g/mol. The van der Waals surface area contributed by atoms with Gasteiger partial charge in [0.15, 0.2) is 0 Å². The molecule has 11 rings (SSSR count). The standard InChI is InChI=1S/C66H50N2/c1-5-15-49(16-6-1)53-25-37-59(38-26-53)67(60-39-27-54(28-40-60)50-17-7-2-8-18-50)63-45-33-57(34-46-63)65-23-13-14-24-66(65)58-35-47-64(48-36-58)68(61-41-29-55(30-42-61)51-19-9-3-10-20-51)62-43-31-56(32-44-62)52-21-11-4-12-22-52/h1-11,13-21,23-48H,12,22H2. The smallest absolute Gasteiger partial charge is 0.0462 e. The van der Waals surface area contributed by atoms with Crippen molar-refractivity contribution in [3.63, 3.8) is 0 Å². The van der Waals surface area contributed by atoms with Gasteiger partial charge in [-0.1, -0.05) is 206 Å². The highest BCUT2D eigenvalue weighted by Gasteiger charge is 2.17. The summed E-state index contributed by atoms with van der Waals surface area (Å²) in [7, 11) is 0. The molecule has 0 unspecified atom stereocenters. The van der Waals surface area contributed by atoms with Gasteiger partial charge >= 0.3 is 0 Å². The summed E-state index contributed by atoms with van der Waals surface area (Å²) in [5, 5.41) is 0. The van der Waals surface area contributed by atoms with Crippen molar-refractivity contribution in [1.29, 1.82) is 0 Å². The number of allylic oxidation sites excluding steroid dienone is 4. The van der Waals surface area contributed by atoms with Gasteiger partial charge in [0.1, 0.15) is 0 Å². The molecule has 0 spiro atoms. The summed E-state index contributed by atoms with van der Waals surface area (Å²) in [6.07, 6.45) is 8.82. The van der Waals surface area contributed by atoms with Crippen LogP contribution in [0.4, 0.5) is 34.1 Å². The molecule has 0 saturated carbocycles. The second-order valence-electron chi connectivity index (χ2n) is 17.3. The normalized spacial score (nSPS) is 12.0. The third-order valence-corrected chi connectivity index (χ3v) is 13.0. The third kappa shape index (κ3) is 8.96. The summed E-state index contributed by atoms with van der Waals surface area (Å²) in [4.78, 5) is 4.70. The molecule has 0 amide bonds. The van der Waals surface area contributed by atoms with Crippen LogP contribution in [-0.2, 0) is 0 Å². The number of hydrogen-bond acceptors (Lipinski definition) is 2. The van der Waals surface area contributed by atoms with E-state index in [0.29, 0.717) is 0 Å². The lowest BCUT2D eigenvalue weighted by Gasteiger charge is -2.26. The van der Waals surface area contributed by atoms with Crippen molar-refractivity contribution in [3.05, 3.63) is 285 Å². The first-order valence-electron chi connectivity index (χ1n) is 23.5. The molecule has 0 saturated heterocycles. The number of benzene rings is 10. The first-order chi connectivity index (χ1) is 33.7. The molecule has 0 N–H and O–H groups in total. The first-order valence-corrected chi connectivity index (χ1v) is 23.5. The minimum absolute atomic E-state index is 1.07.